The molecule has 1 fully saturated rings. The standard InChI is InChI=1S/C12H19N3O/c1-3-9-7-10(15(2)14-9)8-11(16)12(13)5-4-6-12/h7H,3-6,8,13H2,1-2H3. The summed E-state index contributed by atoms with van der Waals surface area (Å²) in [5, 5.41) is 4.33. The maximum Gasteiger partial charge on any atom is 0.158 e. The van der Waals surface area contributed by atoms with E-state index in [1.165, 1.54) is 0 Å². The predicted octanol–water partition coefficient (Wildman–Crippen LogP) is 0.975. The number of aromatic nitrogens is 2. The summed E-state index contributed by atoms with van der Waals surface area (Å²) in [7, 11) is 1.88. The zero-order valence-corrected chi connectivity index (χ0v) is 9.99. The summed E-state index contributed by atoms with van der Waals surface area (Å²) >= 11 is 0. The lowest BCUT2D eigenvalue weighted by Gasteiger charge is -2.36. The Kier molecular flexibility index (Phi) is 2.84. The van der Waals surface area contributed by atoms with Gasteiger partial charge in [-0.3, -0.25) is 9.48 Å². The van der Waals surface area contributed by atoms with Gasteiger partial charge in [-0.25, -0.2) is 0 Å². The van der Waals surface area contributed by atoms with E-state index in [1.807, 2.05) is 13.1 Å². The van der Waals surface area contributed by atoms with E-state index in [1.54, 1.807) is 4.68 Å². The van der Waals surface area contributed by atoms with Crippen LogP contribution in [0.3, 0.4) is 0 Å². The summed E-state index contributed by atoms with van der Waals surface area (Å²) in [6, 6.07) is 2.00. The average Bonchev–Trinajstić information content (AvgIpc) is 2.56. The summed E-state index contributed by atoms with van der Waals surface area (Å²) in [6.45, 7) is 2.06. The third kappa shape index (κ3) is 1.89. The Morgan fingerprint density at radius 2 is 2.31 bits per heavy atom. The molecule has 88 valence electrons. The van der Waals surface area contributed by atoms with Gasteiger partial charge in [-0.15, -0.1) is 0 Å². The van der Waals surface area contributed by atoms with Crippen molar-refractivity contribution in [3.8, 4) is 0 Å². The first-order chi connectivity index (χ1) is 7.55. The van der Waals surface area contributed by atoms with Crippen LogP contribution in [0, 0.1) is 0 Å². The van der Waals surface area contributed by atoms with Crippen molar-refractivity contribution in [1.29, 1.82) is 0 Å². The summed E-state index contributed by atoms with van der Waals surface area (Å²) < 4.78 is 1.79. The molecule has 1 aromatic heterocycles. The molecule has 2 N–H and O–H groups in total. The number of nitrogens with zero attached hydrogens (tertiary/aromatic N) is 2. The van der Waals surface area contributed by atoms with Gasteiger partial charge in [-0.05, 0) is 31.7 Å². The number of hydrogen-bond donors (Lipinski definition) is 1. The second-order valence-electron chi connectivity index (χ2n) is 4.71. The normalized spacial score (nSPS) is 18.2. The number of Topliss-reactive ketones (excluding diaryl/α,β-unsaturated/α-hetero) is 1. The number of carbonyl (C=O) groups excluding carboxylic acids is 1. The van der Waals surface area contributed by atoms with E-state index < -0.39 is 5.54 Å². The molecule has 0 saturated heterocycles. The Morgan fingerprint density at radius 1 is 1.62 bits per heavy atom. The molecule has 0 atom stereocenters. The van der Waals surface area contributed by atoms with Crippen LogP contribution in [-0.4, -0.2) is 21.1 Å². The Hall–Kier alpha value is -1.16. The second kappa shape index (κ2) is 4.01. The Morgan fingerprint density at radius 3 is 2.75 bits per heavy atom. The second-order valence-corrected chi connectivity index (χ2v) is 4.71. The van der Waals surface area contributed by atoms with Crippen molar-refractivity contribution in [1.82, 2.24) is 9.78 Å². The summed E-state index contributed by atoms with van der Waals surface area (Å²) in [5.41, 5.74) is 7.46. The molecule has 1 aromatic rings. The minimum atomic E-state index is -0.545. The van der Waals surface area contributed by atoms with Gasteiger partial charge in [0, 0.05) is 12.7 Å². The molecule has 0 amide bonds. The van der Waals surface area contributed by atoms with Gasteiger partial charge in [0.1, 0.15) is 0 Å². The molecule has 1 aliphatic rings. The topological polar surface area (TPSA) is 60.9 Å². The molecular formula is C12H19N3O. The zero-order valence-electron chi connectivity index (χ0n) is 9.99. The van der Waals surface area contributed by atoms with Gasteiger partial charge in [0.15, 0.2) is 5.78 Å². The number of nitrogens with two attached hydrogens (primary N) is 1. The highest BCUT2D eigenvalue weighted by molar-refractivity contribution is 5.90. The van der Waals surface area contributed by atoms with Crippen LogP contribution >= 0.6 is 0 Å². The van der Waals surface area contributed by atoms with Crippen LogP contribution < -0.4 is 5.73 Å². The first-order valence-electron chi connectivity index (χ1n) is 5.89. The van der Waals surface area contributed by atoms with Crippen molar-refractivity contribution in [3.63, 3.8) is 0 Å². The van der Waals surface area contributed by atoms with Gasteiger partial charge in [0.2, 0.25) is 0 Å². The molecule has 4 nitrogen and oxygen atoms in total. The monoisotopic (exact) mass is 221 g/mol. The van der Waals surface area contributed by atoms with Crippen LogP contribution in [0.15, 0.2) is 6.07 Å². The van der Waals surface area contributed by atoms with Gasteiger partial charge >= 0.3 is 0 Å². The maximum atomic E-state index is 12.0. The van der Waals surface area contributed by atoms with Crippen molar-refractivity contribution >= 4 is 5.78 Å². The molecule has 0 bridgehead atoms. The zero-order chi connectivity index (χ0) is 11.8. The van der Waals surface area contributed by atoms with E-state index in [-0.39, 0.29) is 5.78 Å². The van der Waals surface area contributed by atoms with Gasteiger partial charge in [-0.2, -0.15) is 5.10 Å². The van der Waals surface area contributed by atoms with Crippen molar-refractivity contribution in [2.45, 2.75) is 44.6 Å². The summed E-state index contributed by atoms with van der Waals surface area (Å²) in [6.07, 6.45) is 4.07. The summed E-state index contributed by atoms with van der Waals surface area (Å²) in [5.74, 6) is 0.157. The lowest BCUT2D eigenvalue weighted by molar-refractivity contribution is -0.126. The van der Waals surface area contributed by atoms with Crippen LogP contribution in [0.5, 0.6) is 0 Å². The van der Waals surface area contributed by atoms with Gasteiger partial charge in [0.25, 0.3) is 0 Å². The highest BCUT2D eigenvalue weighted by Crippen LogP contribution is 2.30. The average molecular weight is 221 g/mol. The first-order valence-corrected chi connectivity index (χ1v) is 5.89. The van der Waals surface area contributed by atoms with Crippen LogP contribution in [0.2, 0.25) is 0 Å². The van der Waals surface area contributed by atoms with Crippen molar-refractivity contribution in [2.24, 2.45) is 12.8 Å². The minimum Gasteiger partial charge on any atom is -0.319 e. The number of rotatable bonds is 4. The fraction of sp³-hybridized carbons (Fsp3) is 0.667. The van der Waals surface area contributed by atoms with Gasteiger partial charge in [-0.1, -0.05) is 6.92 Å². The van der Waals surface area contributed by atoms with E-state index in [0.717, 1.165) is 37.1 Å². The third-order valence-corrected chi connectivity index (χ3v) is 3.53. The molecule has 1 heterocycles. The number of hydrogen-bond acceptors (Lipinski definition) is 3. The fourth-order valence-corrected chi connectivity index (χ4v) is 2.09. The Balaban J connectivity index is 2.08. The molecule has 0 aromatic carbocycles. The molecular weight excluding hydrogens is 202 g/mol. The molecule has 0 spiro atoms. The van der Waals surface area contributed by atoms with Crippen LogP contribution in [0.25, 0.3) is 0 Å². The van der Waals surface area contributed by atoms with E-state index in [4.69, 9.17) is 5.73 Å². The molecule has 0 radical (unpaired) electrons. The van der Waals surface area contributed by atoms with E-state index in [9.17, 15) is 4.79 Å². The molecule has 1 aliphatic carbocycles. The lowest BCUT2D eigenvalue weighted by atomic mass is 9.73. The molecule has 2 rings (SSSR count). The highest BCUT2D eigenvalue weighted by atomic mass is 16.1. The quantitative estimate of drug-likeness (QED) is 0.824. The smallest absolute Gasteiger partial charge is 0.158 e. The Labute approximate surface area is 95.8 Å². The third-order valence-electron chi connectivity index (χ3n) is 3.53. The minimum absolute atomic E-state index is 0.157. The molecule has 1 saturated carbocycles. The predicted molar refractivity (Wildman–Crippen MR) is 62.1 cm³/mol. The van der Waals surface area contributed by atoms with Crippen molar-refractivity contribution in [3.05, 3.63) is 17.5 Å². The van der Waals surface area contributed by atoms with Crippen LogP contribution in [0.4, 0.5) is 0 Å². The largest absolute Gasteiger partial charge is 0.319 e. The Bertz CT molecular complexity index is 404. The van der Waals surface area contributed by atoms with E-state index in [0.29, 0.717) is 6.42 Å². The molecule has 0 aliphatic heterocycles. The highest BCUT2D eigenvalue weighted by Gasteiger charge is 2.39. The molecule has 0 unspecified atom stereocenters. The lowest BCUT2D eigenvalue weighted by Crippen LogP contribution is -2.54. The first kappa shape index (κ1) is 11.3. The number of ketones is 1. The van der Waals surface area contributed by atoms with Crippen LogP contribution in [0.1, 0.15) is 37.6 Å². The van der Waals surface area contributed by atoms with E-state index in [2.05, 4.69) is 12.0 Å². The van der Waals surface area contributed by atoms with Gasteiger partial charge in [0.05, 0.1) is 17.7 Å². The van der Waals surface area contributed by atoms with Crippen LogP contribution in [-0.2, 0) is 24.7 Å². The van der Waals surface area contributed by atoms with Crippen molar-refractivity contribution < 1.29 is 4.79 Å². The van der Waals surface area contributed by atoms with Crippen molar-refractivity contribution in [2.75, 3.05) is 0 Å². The maximum absolute atomic E-state index is 12.0. The van der Waals surface area contributed by atoms with E-state index >= 15 is 0 Å². The molecule has 4 heteroatoms. The molecule has 16 heavy (non-hydrogen) atoms. The number of carbonyl (C=O) groups is 1. The summed E-state index contributed by atoms with van der Waals surface area (Å²) in [4.78, 5) is 12.0. The fourth-order valence-electron chi connectivity index (χ4n) is 2.09. The van der Waals surface area contributed by atoms with Gasteiger partial charge < -0.3 is 5.73 Å². The number of aryl methyl sites for hydroxylation is 2. The SMILES string of the molecule is CCc1cc(CC(=O)C2(N)CCC2)n(C)n1.